The molecule has 7 nitrogen and oxygen atoms in total. The maximum absolute atomic E-state index is 12.5. The van der Waals surface area contributed by atoms with Crippen molar-refractivity contribution in [3.05, 3.63) is 23.9 Å². The predicted molar refractivity (Wildman–Crippen MR) is 116 cm³/mol. The standard InChI is InChI=1S/C19H29N5O2.HI/c1-20-19(22-12-14-7-8-17(26-2)21-11-14)23-16-9-10-24(13-16)18(25)15-5-3-4-6-15;/h7-8,11,15-16H,3-6,9-10,12-13H2,1-2H3,(H2,20,22,23);1H. The summed E-state index contributed by atoms with van der Waals surface area (Å²) in [6.07, 6.45) is 7.27. The highest BCUT2D eigenvalue weighted by atomic mass is 127. The number of nitrogens with zero attached hydrogens (tertiary/aromatic N) is 3. The Morgan fingerprint density at radius 2 is 2.11 bits per heavy atom. The van der Waals surface area contributed by atoms with E-state index in [4.69, 9.17) is 4.74 Å². The van der Waals surface area contributed by atoms with Crippen LogP contribution in [0.4, 0.5) is 0 Å². The summed E-state index contributed by atoms with van der Waals surface area (Å²) in [5.41, 5.74) is 1.05. The molecule has 1 aliphatic carbocycles. The van der Waals surface area contributed by atoms with Crippen molar-refractivity contribution in [3.8, 4) is 5.88 Å². The molecule has 0 radical (unpaired) electrons. The molecule has 27 heavy (non-hydrogen) atoms. The van der Waals surface area contributed by atoms with E-state index in [9.17, 15) is 4.79 Å². The molecule has 8 heteroatoms. The van der Waals surface area contributed by atoms with E-state index in [1.54, 1.807) is 20.4 Å². The van der Waals surface area contributed by atoms with Crippen molar-refractivity contribution in [2.45, 2.75) is 44.7 Å². The van der Waals surface area contributed by atoms with E-state index >= 15 is 0 Å². The monoisotopic (exact) mass is 487 g/mol. The highest BCUT2D eigenvalue weighted by Crippen LogP contribution is 2.27. The molecule has 1 unspecified atom stereocenters. The summed E-state index contributed by atoms with van der Waals surface area (Å²) in [5, 5.41) is 6.74. The lowest BCUT2D eigenvalue weighted by Crippen LogP contribution is -2.45. The van der Waals surface area contributed by atoms with E-state index in [-0.39, 0.29) is 35.9 Å². The van der Waals surface area contributed by atoms with Gasteiger partial charge in [-0.2, -0.15) is 0 Å². The van der Waals surface area contributed by atoms with E-state index in [0.717, 1.165) is 43.9 Å². The SMILES string of the molecule is CN=C(NCc1ccc(OC)nc1)NC1CCN(C(=O)C2CCCC2)C1.I. The van der Waals surface area contributed by atoms with Crippen LogP contribution in [0.3, 0.4) is 0 Å². The van der Waals surface area contributed by atoms with E-state index in [1.807, 2.05) is 17.0 Å². The molecule has 1 atom stereocenters. The first-order valence-corrected chi connectivity index (χ1v) is 9.44. The van der Waals surface area contributed by atoms with Crippen LogP contribution >= 0.6 is 24.0 Å². The summed E-state index contributed by atoms with van der Waals surface area (Å²) in [5.74, 6) is 1.96. The maximum Gasteiger partial charge on any atom is 0.225 e. The van der Waals surface area contributed by atoms with E-state index in [1.165, 1.54) is 12.8 Å². The number of halogens is 1. The Balaban J connectivity index is 0.00000261. The summed E-state index contributed by atoms with van der Waals surface area (Å²) in [6.45, 7) is 2.24. The molecule has 2 N–H and O–H groups in total. The van der Waals surface area contributed by atoms with Crippen LogP contribution in [0, 0.1) is 5.92 Å². The minimum atomic E-state index is 0. The first kappa shape index (κ1) is 21.7. The summed E-state index contributed by atoms with van der Waals surface area (Å²) in [4.78, 5) is 23.1. The number of methoxy groups -OCH3 is 1. The van der Waals surface area contributed by atoms with Crippen LogP contribution in [0.5, 0.6) is 5.88 Å². The number of rotatable bonds is 5. The predicted octanol–water partition coefficient (Wildman–Crippen LogP) is 2.16. The molecule has 1 aromatic heterocycles. The van der Waals surface area contributed by atoms with Gasteiger partial charge in [-0.15, -0.1) is 24.0 Å². The second-order valence-corrected chi connectivity index (χ2v) is 7.03. The second kappa shape index (κ2) is 10.7. The highest BCUT2D eigenvalue weighted by Gasteiger charge is 2.32. The number of nitrogens with one attached hydrogen (secondary N) is 2. The number of ether oxygens (including phenoxy) is 1. The number of aromatic nitrogens is 1. The van der Waals surface area contributed by atoms with Crippen LogP contribution in [-0.4, -0.2) is 55.0 Å². The smallest absolute Gasteiger partial charge is 0.225 e. The Morgan fingerprint density at radius 3 is 2.74 bits per heavy atom. The number of hydrogen-bond acceptors (Lipinski definition) is 4. The number of amides is 1. The minimum absolute atomic E-state index is 0. The molecule has 2 heterocycles. The number of pyridine rings is 1. The average molecular weight is 487 g/mol. The maximum atomic E-state index is 12.5. The van der Waals surface area contributed by atoms with E-state index in [2.05, 4.69) is 20.6 Å². The van der Waals surface area contributed by atoms with Gasteiger partial charge in [-0.05, 0) is 24.8 Å². The minimum Gasteiger partial charge on any atom is -0.481 e. The number of hydrogen-bond donors (Lipinski definition) is 2. The average Bonchev–Trinajstić information content (AvgIpc) is 3.37. The molecular formula is C19H30IN5O2. The molecule has 1 aromatic rings. The van der Waals surface area contributed by atoms with Crippen LogP contribution in [0.2, 0.25) is 0 Å². The molecule has 2 aliphatic rings. The third kappa shape index (κ3) is 5.95. The van der Waals surface area contributed by atoms with Gasteiger partial charge in [0.25, 0.3) is 0 Å². The van der Waals surface area contributed by atoms with Crippen LogP contribution in [0.15, 0.2) is 23.3 Å². The molecule has 0 bridgehead atoms. The van der Waals surface area contributed by atoms with E-state index < -0.39 is 0 Å². The molecule has 2 fully saturated rings. The Labute approximate surface area is 178 Å². The van der Waals surface area contributed by atoms with Gasteiger partial charge in [-0.1, -0.05) is 18.9 Å². The molecule has 1 amide bonds. The summed E-state index contributed by atoms with van der Waals surface area (Å²) < 4.78 is 5.07. The zero-order valence-corrected chi connectivity index (χ0v) is 18.4. The number of likely N-dealkylation sites (tertiary alicyclic amines) is 1. The molecule has 3 rings (SSSR count). The number of carbonyl (C=O) groups is 1. The van der Waals surface area contributed by atoms with Crippen molar-refractivity contribution < 1.29 is 9.53 Å². The van der Waals surface area contributed by atoms with Crippen molar-refractivity contribution in [3.63, 3.8) is 0 Å². The highest BCUT2D eigenvalue weighted by molar-refractivity contribution is 14.0. The summed E-state index contributed by atoms with van der Waals surface area (Å²) in [6, 6.07) is 4.07. The van der Waals surface area contributed by atoms with Gasteiger partial charge in [0.05, 0.1) is 7.11 Å². The summed E-state index contributed by atoms with van der Waals surface area (Å²) >= 11 is 0. The van der Waals surface area contributed by atoms with Gasteiger partial charge >= 0.3 is 0 Å². The number of aliphatic imine (C=N–C) groups is 1. The number of guanidine groups is 1. The lowest BCUT2D eigenvalue weighted by molar-refractivity contribution is -0.134. The van der Waals surface area contributed by atoms with Gasteiger partial charge in [0.1, 0.15) is 0 Å². The summed E-state index contributed by atoms with van der Waals surface area (Å²) in [7, 11) is 3.37. The Kier molecular flexibility index (Phi) is 8.59. The normalized spacial score (nSPS) is 20.3. The Bertz CT molecular complexity index is 631. The fourth-order valence-corrected chi connectivity index (χ4v) is 3.72. The molecular weight excluding hydrogens is 457 g/mol. The fourth-order valence-electron chi connectivity index (χ4n) is 3.72. The molecule has 1 saturated heterocycles. The number of carbonyl (C=O) groups excluding carboxylic acids is 1. The molecule has 150 valence electrons. The van der Waals surface area contributed by atoms with E-state index in [0.29, 0.717) is 18.3 Å². The molecule has 0 spiro atoms. The van der Waals surface area contributed by atoms with Gasteiger partial charge < -0.3 is 20.3 Å². The van der Waals surface area contributed by atoms with Gasteiger partial charge in [0.2, 0.25) is 11.8 Å². The van der Waals surface area contributed by atoms with Crippen LogP contribution in [-0.2, 0) is 11.3 Å². The zero-order valence-electron chi connectivity index (χ0n) is 16.1. The van der Waals surface area contributed by atoms with Gasteiger partial charge in [0.15, 0.2) is 5.96 Å². The third-order valence-corrected chi connectivity index (χ3v) is 5.24. The molecule has 1 saturated carbocycles. The second-order valence-electron chi connectivity index (χ2n) is 7.03. The zero-order chi connectivity index (χ0) is 18.4. The molecule has 1 aliphatic heterocycles. The van der Waals surface area contributed by atoms with Crippen molar-refractivity contribution in [1.82, 2.24) is 20.5 Å². The molecule has 0 aromatic carbocycles. The first-order valence-electron chi connectivity index (χ1n) is 9.44. The Hall–Kier alpha value is -1.58. The van der Waals surface area contributed by atoms with Gasteiger partial charge in [-0.3, -0.25) is 9.79 Å². The van der Waals surface area contributed by atoms with Crippen molar-refractivity contribution >= 4 is 35.8 Å². The lowest BCUT2D eigenvalue weighted by Gasteiger charge is -2.21. The van der Waals surface area contributed by atoms with Gasteiger partial charge in [0, 0.05) is 50.9 Å². The van der Waals surface area contributed by atoms with Crippen LogP contribution < -0.4 is 15.4 Å². The largest absolute Gasteiger partial charge is 0.481 e. The van der Waals surface area contributed by atoms with Gasteiger partial charge in [-0.25, -0.2) is 4.98 Å². The fraction of sp³-hybridized carbons (Fsp3) is 0.632. The Morgan fingerprint density at radius 1 is 1.33 bits per heavy atom. The van der Waals surface area contributed by atoms with Crippen molar-refractivity contribution in [2.75, 3.05) is 27.2 Å². The first-order chi connectivity index (χ1) is 12.7. The van der Waals surface area contributed by atoms with Crippen LogP contribution in [0.1, 0.15) is 37.7 Å². The van der Waals surface area contributed by atoms with Crippen molar-refractivity contribution in [1.29, 1.82) is 0 Å². The topological polar surface area (TPSA) is 78.9 Å². The third-order valence-electron chi connectivity index (χ3n) is 5.24. The van der Waals surface area contributed by atoms with Crippen LogP contribution in [0.25, 0.3) is 0 Å². The lowest BCUT2D eigenvalue weighted by atomic mass is 10.1. The quantitative estimate of drug-likeness (QED) is 0.378. The van der Waals surface area contributed by atoms with Crippen molar-refractivity contribution in [2.24, 2.45) is 10.9 Å².